The smallest absolute Gasteiger partial charge is 0.365 e. The molecule has 5 nitrogen and oxygen atoms in total. The molecule has 140 valence electrons. The van der Waals surface area contributed by atoms with Gasteiger partial charge >= 0.3 is 6.18 Å². The molecule has 3 aromatic rings. The molecule has 2 N–H and O–H groups in total. The van der Waals surface area contributed by atoms with Crippen molar-refractivity contribution in [3.05, 3.63) is 76.1 Å². The van der Waals surface area contributed by atoms with Crippen molar-refractivity contribution in [2.75, 3.05) is 0 Å². The monoisotopic (exact) mass is 398 g/mol. The van der Waals surface area contributed by atoms with Crippen LogP contribution >= 0.6 is 11.6 Å². The van der Waals surface area contributed by atoms with Gasteiger partial charge in [0.2, 0.25) is 0 Å². The van der Waals surface area contributed by atoms with Crippen molar-refractivity contribution < 1.29 is 22.4 Å². The second-order valence-corrected chi connectivity index (χ2v) is 6.03. The van der Waals surface area contributed by atoms with E-state index in [1.165, 1.54) is 23.1 Å². The number of primary amides is 1. The largest absolute Gasteiger partial charge is 0.416 e. The maximum absolute atomic E-state index is 13.5. The van der Waals surface area contributed by atoms with Gasteiger partial charge in [0, 0.05) is 24.5 Å². The number of carbonyl (C=O) groups excluding carboxylic acids is 1. The van der Waals surface area contributed by atoms with Crippen molar-refractivity contribution in [1.29, 1.82) is 0 Å². The fourth-order valence-corrected chi connectivity index (χ4v) is 2.70. The molecule has 0 bridgehead atoms. The van der Waals surface area contributed by atoms with Gasteiger partial charge in [-0.3, -0.25) is 9.78 Å². The number of nitrogens with two attached hydrogens (primary N) is 1. The SMILES string of the molecule is NC(=O)c1cn(-c2ccnc(Cc3cc(F)cc(C(F)(F)F)c3)c2)nc1Cl. The summed E-state index contributed by atoms with van der Waals surface area (Å²) in [4.78, 5) is 15.3. The van der Waals surface area contributed by atoms with E-state index < -0.39 is 23.5 Å². The number of halogens is 5. The van der Waals surface area contributed by atoms with Gasteiger partial charge in [-0.2, -0.15) is 18.3 Å². The van der Waals surface area contributed by atoms with Gasteiger partial charge in [-0.05, 0) is 35.9 Å². The van der Waals surface area contributed by atoms with E-state index in [0.717, 1.165) is 12.1 Å². The van der Waals surface area contributed by atoms with Gasteiger partial charge in [0.25, 0.3) is 5.91 Å². The Kier molecular flexibility index (Phi) is 4.88. The summed E-state index contributed by atoms with van der Waals surface area (Å²) in [6.07, 6.45) is -1.95. The van der Waals surface area contributed by atoms with Crippen LogP contribution < -0.4 is 5.73 Å². The standard InChI is InChI=1S/C17H11ClF4N4O/c18-15-14(16(23)27)8-26(25-15)13-1-2-24-12(7-13)5-9-3-10(17(20,21)22)6-11(19)4-9/h1-4,6-8H,5H2,(H2,23,27). The number of pyridine rings is 1. The first-order valence-electron chi connectivity index (χ1n) is 7.50. The molecule has 0 saturated heterocycles. The van der Waals surface area contributed by atoms with Crippen molar-refractivity contribution in [3.8, 4) is 5.69 Å². The topological polar surface area (TPSA) is 73.8 Å². The lowest BCUT2D eigenvalue weighted by molar-refractivity contribution is -0.137. The third-order valence-corrected chi connectivity index (χ3v) is 3.95. The Bertz CT molecular complexity index is 1020. The Hall–Kier alpha value is -2.94. The molecule has 2 aromatic heterocycles. The number of amides is 1. The van der Waals surface area contributed by atoms with Crippen molar-refractivity contribution >= 4 is 17.5 Å². The molecule has 0 aliphatic carbocycles. The first-order valence-corrected chi connectivity index (χ1v) is 7.88. The first kappa shape index (κ1) is 18.8. The molecule has 3 rings (SSSR count). The van der Waals surface area contributed by atoms with Gasteiger partial charge in [0.1, 0.15) is 5.82 Å². The summed E-state index contributed by atoms with van der Waals surface area (Å²) in [5.74, 6) is -1.74. The summed E-state index contributed by atoms with van der Waals surface area (Å²) >= 11 is 5.84. The highest BCUT2D eigenvalue weighted by Gasteiger charge is 2.31. The molecular formula is C17H11ClF4N4O. The predicted octanol–water partition coefficient (Wildman–Crippen LogP) is 3.77. The molecule has 2 heterocycles. The second kappa shape index (κ2) is 6.99. The Morgan fingerprint density at radius 2 is 1.96 bits per heavy atom. The molecule has 0 radical (unpaired) electrons. The Balaban J connectivity index is 1.92. The van der Waals surface area contributed by atoms with Crippen LogP contribution in [-0.2, 0) is 12.6 Å². The van der Waals surface area contributed by atoms with E-state index in [1.54, 1.807) is 6.07 Å². The summed E-state index contributed by atoms with van der Waals surface area (Å²) in [5, 5.41) is 3.87. The second-order valence-electron chi connectivity index (χ2n) is 5.67. The van der Waals surface area contributed by atoms with Crippen molar-refractivity contribution in [2.45, 2.75) is 12.6 Å². The first-order chi connectivity index (χ1) is 12.6. The Morgan fingerprint density at radius 1 is 1.22 bits per heavy atom. The lowest BCUT2D eigenvalue weighted by atomic mass is 10.0. The molecule has 0 aliphatic heterocycles. The van der Waals surface area contributed by atoms with Gasteiger partial charge in [0.15, 0.2) is 5.15 Å². The molecule has 27 heavy (non-hydrogen) atoms. The molecule has 1 amide bonds. The van der Waals surface area contributed by atoms with Gasteiger partial charge in [-0.15, -0.1) is 0 Å². The number of hydrogen-bond donors (Lipinski definition) is 1. The van der Waals surface area contributed by atoms with Crippen LogP contribution in [0.15, 0.2) is 42.7 Å². The minimum absolute atomic E-state index is 0.0231. The highest BCUT2D eigenvalue weighted by molar-refractivity contribution is 6.32. The molecule has 0 spiro atoms. The van der Waals surface area contributed by atoms with E-state index in [1.807, 2.05) is 0 Å². The zero-order chi connectivity index (χ0) is 19.8. The van der Waals surface area contributed by atoms with Crippen molar-refractivity contribution in [1.82, 2.24) is 14.8 Å². The number of hydrogen-bond acceptors (Lipinski definition) is 3. The van der Waals surface area contributed by atoms with Crippen LogP contribution in [0, 0.1) is 5.82 Å². The third kappa shape index (κ3) is 4.25. The number of carbonyl (C=O) groups is 1. The Labute approximate surface area is 155 Å². The fourth-order valence-electron chi connectivity index (χ4n) is 2.48. The predicted molar refractivity (Wildman–Crippen MR) is 89.1 cm³/mol. The van der Waals surface area contributed by atoms with Gasteiger partial charge in [0.05, 0.1) is 16.8 Å². The molecule has 10 heteroatoms. The van der Waals surface area contributed by atoms with Crippen LogP contribution in [0.25, 0.3) is 5.69 Å². The van der Waals surface area contributed by atoms with E-state index in [0.29, 0.717) is 17.4 Å². The summed E-state index contributed by atoms with van der Waals surface area (Å²) < 4.78 is 53.3. The summed E-state index contributed by atoms with van der Waals surface area (Å²) in [5.41, 5.74) is 5.09. The molecular weight excluding hydrogens is 388 g/mol. The zero-order valence-corrected chi connectivity index (χ0v) is 14.2. The lowest BCUT2D eigenvalue weighted by Gasteiger charge is -2.10. The quantitative estimate of drug-likeness (QED) is 0.680. The highest BCUT2D eigenvalue weighted by Crippen LogP contribution is 2.31. The van der Waals surface area contributed by atoms with Crippen LogP contribution in [0.1, 0.15) is 27.2 Å². The van der Waals surface area contributed by atoms with Crippen LogP contribution in [0.3, 0.4) is 0 Å². The van der Waals surface area contributed by atoms with E-state index in [2.05, 4.69) is 10.1 Å². The maximum atomic E-state index is 13.5. The average Bonchev–Trinajstić information content (AvgIpc) is 2.96. The zero-order valence-electron chi connectivity index (χ0n) is 13.5. The van der Waals surface area contributed by atoms with Gasteiger partial charge in [-0.1, -0.05) is 11.6 Å². The van der Waals surface area contributed by atoms with Gasteiger partial charge in [-0.25, -0.2) is 9.07 Å². The fraction of sp³-hybridized carbons (Fsp3) is 0.118. The maximum Gasteiger partial charge on any atom is 0.416 e. The molecule has 0 saturated carbocycles. The van der Waals surface area contributed by atoms with Crippen LogP contribution in [0.5, 0.6) is 0 Å². The van der Waals surface area contributed by atoms with Crippen molar-refractivity contribution in [3.63, 3.8) is 0 Å². The van der Waals surface area contributed by atoms with E-state index in [-0.39, 0.29) is 22.7 Å². The minimum Gasteiger partial charge on any atom is -0.365 e. The molecule has 1 aromatic carbocycles. The van der Waals surface area contributed by atoms with Crippen LogP contribution in [0.2, 0.25) is 5.15 Å². The van der Waals surface area contributed by atoms with Crippen LogP contribution in [0.4, 0.5) is 17.6 Å². The van der Waals surface area contributed by atoms with E-state index >= 15 is 0 Å². The summed E-state index contributed by atoms with van der Waals surface area (Å²) in [7, 11) is 0. The Morgan fingerprint density at radius 3 is 2.59 bits per heavy atom. The third-order valence-electron chi connectivity index (χ3n) is 3.67. The number of aromatic nitrogens is 3. The summed E-state index contributed by atoms with van der Waals surface area (Å²) in [6, 6.07) is 5.41. The van der Waals surface area contributed by atoms with Crippen LogP contribution in [-0.4, -0.2) is 20.7 Å². The minimum atomic E-state index is -4.65. The molecule has 0 fully saturated rings. The number of rotatable bonds is 4. The molecule has 0 unspecified atom stereocenters. The number of benzene rings is 1. The molecule has 0 atom stereocenters. The van der Waals surface area contributed by atoms with Gasteiger partial charge < -0.3 is 5.73 Å². The lowest BCUT2D eigenvalue weighted by Crippen LogP contribution is -2.10. The number of nitrogens with zero attached hydrogens (tertiary/aromatic N) is 3. The average molecular weight is 399 g/mol. The highest BCUT2D eigenvalue weighted by atomic mass is 35.5. The van der Waals surface area contributed by atoms with E-state index in [9.17, 15) is 22.4 Å². The summed E-state index contributed by atoms with van der Waals surface area (Å²) in [6.45, 7) is 0. The van der Waals surface area contributed by atoms with Crippen molar-refractivity contribution in [2.24, 2.45) is 5.73 Å². The molecule has 0 aliphatic rings. The normalized spacial score (nSPS) is 11.6. The number of alkyl halides is 3. The van der Waals surface area contributed by atoms with E-state index in [4.69, 9.17) is 17.3 Å².